The van der Waals surface area contributed by atoms with Crippen LogP contribution in [0.3, 0.4) is 0 Å². The van der Waals surface area contributed by atoms with Gasteiger partial charge in [0.25, 0.3) is 5.92 Å². The lowest BCUT2D eigenvalue weighted by Gasteiger charge is -2.13. The number of amides is 1. The summed E-state index contributed by atoms with van der Waals surface area (Å²) in [6.07, 6.45) is 3.48. The van der Waals surface area contributed by atoms with Crippen LogP contribution in [0.5, 0.6) is 0 Å². The van der Waals surface area contributed by atoms with Crippen LogP contribution >= 0.6 is 11.6 Å². The first-order valence-electron chi connectivity index (χ1n) is 12.1. The highest BCUT2D eigenvalue weighted by Crippen LogP contribution is 2.29. The quantitative estimate of drug-likeness (QED) is 0.288. The maximum Gasteiger partial charge on any atom is 0.270 e. The van der Waals surface area contributed by atoms with E-state index in [1.807, 2.05) is 64.1 Å². The summed E-state index contributed by atoms with van der Waals surface area (Å²) in [5, 5.41) is 6.99. The molecule has 0 saturated carbocycles. The van der Waals surface area contributed by atoms with Crippen molar-refractivity contribution in [2.45, 2.75) is 53.4 Å². The lowest BCUT2D eigenvalue weighted by molar-refractivity contribution is -0.119. The summed E-state index contributed by atoms with van der Waals surface area (Å²) in [5.41, 5.74) is 3.72. The molecule has 192 valence electrons. The number of carbonyl (C=O) groups excluding carboxylic acids is 1. The Morgan fingerprint density at radius 1 is 1.23 bits per heavy atom. The third-order valence-corrected chi connectivity index (χ3v) is 5.89. The van der Waals surface area contributed by atoms with Gasteiger partial charge in [0.1, 0.15) is 0 Å². The number of hydrogen-bond donors (Lipinski definition) is 2. The molecular weight excluding hydrogens is 466 g/mol. The molecule has 0 radical (unpaired) electrons. The van der Waals surface area contributed by atoms with Crippen molar-refractivity contribution in [3.8, 4) is 0 Å². The zero-order chi connectivity index (χ0) is 26.4. The second-order valence-electron chi connectivity index (χ2n) is 8.54. The van der Waals surface area contributed by atoms with E-state index < -0.39 is 5.92 Å². The summed E-state index contributed by atoms with van der Waals surface area (Å²) in [6.45, 7) is 15.0. The van der Waals surface area contributed by atoms with E-state index in [1.54, 1.807) is 6.07 Å². The Morgan fingerprint density at radius 3 is 2.46 bits per heavy atom. The first kappa shape index (κ1) is 30.5. The maximum absolute atomic E-state index is 13.4. The summed E-state index contributed by atoms with van der Waals surface area (Å²) in [6, 6.07) is 14.2. The van der Waals surface area contributed by atoms with E-state index in [0.29, 0.717) is 18.9 Å². The number of allylic oxidation sites excluding steroid dienone is 1. The molecule has 1 saturated heterocycles. The molecule has 3 nitrogen and oxygen atoms in total. The molecule has 1 fully saturated rings. The molecular formula is C29H39ClF2N2O. The number of hydrogen-bond acceptors (Lipinski definition) is 2. The molecule has 0 bridgehead atoms. The lowest BCUT2D eigenvalue weighted by atomic mass is 10.00. The number of nitrogens with one attached hydrogen (secondary N) is 2. The molecule has 0 spiro atoms. The van der Waals surface area contributed by atoms with Crippen LogP contribution in [0.2, 0.25) is 5.02 Å². The van der Waals surface area contributed by atoms with Crippen molar-refractivity contribution in [2.75, 3.05) is 19.6 Å². The average molecular weight is 505 g/mol. The van der Waals surface area contributed by atoms with Gasteiger partial charge in [-0.3, -0.25) is 4.79 Å². The van der Waals surface area contributed by atoms with Gasteiger partial charge in [-0.15, -0.1) is 0 Å². The van der Waals surface area contributed by atoms with E-state index in [9.17, 15) is 13.6 Å². The SMILES string of the molecule is C=C(/C=C(\C)c1cccc(C(C)(F)F)c1)CNCC[C@H]1CNC(=O)C1.CC.Cc1ccccc1Cl. The van der Waals surface area contributed by atoms with Crippen LogP contribution in [-0.4, -0.2) is 25.5 Å². The fraction of sp³-hybridized carbons (Fsp3) is 0.414. The Bertz CT molecular complexity index is 962. The second-order valence-corrected chi connectivity index (χ2v) is 8.95. The van der Waals surface area contributed by atoms with E-state index >= 15 is 0 Å². The number of benzene rings is 2. The monoisotopic (exact) mass is 504 g/mol. The molecule has 0 aromatic heterocycles. The van der Waals surface area contributed by atoms with Crippen LogP contribution in [-0.2, 0) is 10.7 Å². The van der Waals surface area contributed by atoms with Crippen molar-refractivity contribution in [3.63, 3.8) is 0 Å². The molecule has 1 heterocycles. The fourth-order valence-electron chi connectivity index (χ4n) is 3.45. The van der Waals surface area contributed by atoms with Gasteiger partial charge in [0, 0.05) is 37.0 Å². The van der Waals surface area contributed by atoms with Crippen LogP contribution in [0.15, 0.2) is 66.8 Å². The molecule has 35 heavy (non-hydrogen) atoms. The van der Waals surface area contributed by atoms with Gasteiger partial charge in [-0.25, -0.2) is 8.78 Å². The van der Waals surface area contributed by atoms with Crippen molar-refractivity contribution in [3.05, 3.63) is 88.5 Å². The third-order valence-electron chi connectivity index (χ3n) is 5.47. The minimum atomic E-state index is -2.84. The van der Waals surface area contributed by atoms with E-state index in [4.69, 9.17) is 11.6 Å². The third kappa shape index (κ3) is 11.7. The molecule has 2 aromatic carbocycles. The summed E-state index contributed by atoms with van der Waals surface area (Å²) in [5.74, 6) is -2.30. The lowest BCUT2D eigenvalue weighted by Crippen LogP contribution is -2.21. The normalized spacial score (nSPS) is 15.4. The highest BCUT2D eigenvalue weighted by atomic mass is 35.5. The van der Waals surface area contributed by atoms with Crippen LogP contribution in [0.25, 0.3) is 5.57 Å². The summed E-state index contributed by atoms with van der Waals surface area (Å²) >= 11 is 5.71. The van der Waals surface area contributed by atoms with Gasteiger partial charge in [-0.1, -0.05) is 74.5 Å². The van der Waals surface area contributed by atoms with E-state index in [0.717, 1.165) is 53.7 Å². The van der Waals surface area contributed by atoms with Crippen molar-refractivity contribution in [1.29, 1.82) is 0 Å². The summed E-state index contributed by atoms with van der Waals surface area (Å²) in [7, 11) is 0. The molecule has 1 aliphatic heterocycles. The molecule has 1 amide bonds. The van der Waals surface area contributed by atoms with Crippen LogP contribution in [0.4, 0.5) is 8.78 Å². The Morgan fingerprint density at radius 2 is 1.91 bits per heavy atom. The number of rotatable bonds is 8. The van der Waals surface area contributed by atoms with Crippen molar-refractivity contribution in [1.82, 2.24) is 10.6 Å². The fourth-order valence-corrected chi connectivity index (χ4v) is 3.59. The second kappa shape index (κ2) is 15.5. The molecule has 0 aliphatic carbocycles. The molecule has 2 N–H and O–H groups in total. The predicted molar refractivity (Wildman–Crippen MR) is 145 cm³/mol. The van der Waals surface area contributed by atoms with Crippen molar-refractivity contribution in [2.24, 2.45) is 5.92 Å². The standard InChI is InChI=1S/C20H26F2N2O.C7H7Cl.C2H6/c1-14(12-23-8-7-16-10-19(25)24-13-16)9-15(2)17-5-4-6-18(11-17)20(3,21)22;1-6-4-2-3-5-7(6)8;1-2/h4-6,9,11,16,23H,1,7-8,10,12-13H2,2-3H3,(H,24,25);2-5H,1H3;1-2H3/b15-9+;;/t16-;;/m1../s1. The van der Waals surface area contributed by atoms with Crippen LogP contribution < -0.4 is 10.6 Å². The van der Waals surface area contributed by atoms with Crippen LogP contribution in [0.1, 0.15) is 57.2 Å². The average Bonchev–Trinajstić information content (AvgIpc) is 3.25. The molecule has 1 aliphatic rings. The number of alkyl halides is 2. The first-order valence-corrected chi connectivity index (χ1v) is 12.5. The minimum absolute atomic E-state index is 0.0150. The van der Waals surface area contributed by atoms with E-state index in [2.05, 4.69) is 17.2 Å². The Hall–Kier alpha value is -2.50. The van der Waals surface area contributed by atoms with Gasteiger partial charge in [0.2, 0.25) is 5.91 Å². The number of halogens is 3. The zero-order valence-electron chi connectivity index (χ0n) is 21.6. The highest BCUT2D eigenvalue weighted by Gasteiger charge is 2.24. The Kier molecular flexibility index (Phi) is 13.5. The Balaban J connectivity index is 0.000000512. The molecule has 2 aromatic rings. The van der Waals surface area contributed by atoms with Crippen molar-refractivity contribution >= 4 is 23.1 Å². The smallest absolute Gasteiger partial charge is 0.270 e. The molecule has 3 rings (SSSR count). The van der Waals surface area contributed by atoms with Gasteiger partial charge in [-0.2, -0.15) is 0 Å². The highest BCUT2D eigenvalue weighted by molar-refractivity contribution is 6.31. The first-order chi connectivity index (χ1) is 16.6. The number of aryl methyl sites for hydroxylation is 1. The van der Waals surface area contributed by atoms with E-state index in [1.165, 1.54) is 12.1 Å². The predicted octanol–water partition coefficient (Wildman–Crippen LogP) is 7.55. The molecule has 1 atom stereocenters. The van der Waals surface area contributed by atoms with Gasteiger partial charge < -0.3 is 10.6 Å². The van der Waals surface area contributed by atoms with E-state index in [-0.39, 0.29) is 11.5 Å². The number of carbonyl (C=O) groups is 1. The summed E-state index contributed by atoms with van der Waals surface area (Å²) < 4.78 is 26.9. The maximum atomic E-state index is 13.4. The van der Waals surface area contributed by atoms with Gasteiger partial charge in [0.15, 0.2) is 0 Å². The minimum Gasteiger partial charge on any atom is -0.356 e. The van der Waals surface area contributed by atoms with Crippen LogP contribution in [0, 0.1) is 12.8 Å². The van der Waals surface area contributed by atoms with Gasteiger partial charge >= 0.3 is 0 Å². The Labute approximate surface area is 214 Å². The van der Waals surface area contributed by atoms with Gasteiger partial charge in [-0.05, 0) is 67.1 Å². The topological polar surface area (TPSA) is 41.1 Å². The molecule has 0 unspecified atom stereocenters. The largest absolute Gasteiger partial charge is 0.356 e. The van der Waals surface area contributed by atoms with Crippen molar-refractivity contribution < 1.29 is 13.6 Å². The summed E-state index contributed by atoms with van der Waals surface area (Å²) in [4.78, 5) is 11.1. The van der Waals surface area contributed by atoms with Gasteiger partial charge in [0.05, 0.1) is 0 Å². The zero-order valence-corrected chi connectivity index (χ0v) is 22.3. The molecule has 6 heteroatoms.